The Morgan fingerprint density at radius 3 is 2.95 bits per heavy atom. The molecule has 0 bridgehead atoms. The van der Waals surface area contributed by atoms with E-state index in [2.05, 4.69) is 9.97 Å². The van der Waals surface area contributed by atoms with Crippen molar-refractivity contribution in [2.75, 3.05) is 5.73 Å². The van der Waals surface area contributed by atoms with E-state index in [1.54, 1.807) is 0 Å². The summed E-state index contributed by atoms with van der Waals surface area (Å²) in [6.45, 7) is 0. The molecule has 2 heterocycles. The zero-order valence-electron chi connectivity index (χ0n) is 11.2. The minimum atomic E-state index is 0.738. The Morgan fingerprint density at radius 1 is 1.15 bits per heavy atom. The minimum Gasteiger partial charge on any atom is -0.399 e. The standard InChI is InChI=1S/C16H16N4/c17-11-5-3-4-10(8-11)16-18-9-14-15(20-16)12-6-1-2-7-13(12)19-14/h3-5,8-9,19H,1-2,6-7,17H2. The van der Waals surface area contributed by atoms with Gasteiger partial charge in [0, 0.05) is 16.9 Å². The third-order valence-electron chi connectivity index (χ3n) is 3.97. The summed E-state index contributed by atoms with van der Waals surface area (Å²) in [5, 5.41) is 0. The highest BCUT2D eigenvalue weighted by atomic mass is 14.9. The van der Waals surface area contributed by atoms with Gasteiger partial charge in [-0.15, -0.1) is 0 Å². The molecule has 3 aromatic rings. The van der Waals surface area contributed by atoms with Gasteiger partial charge in [0.25, 0.3) is 0 Å². The van der Waals surface area contributed by atoms with E-state index >= 15 is 0 Å². The highest BCUT2D eigenvalue weighted by molar-refractivity contribution is 5.82. The van der Waals surface area contributed by atoms with Crippen molar-refractivity contribution in [2.24, 2.45) is 0 Å². The van der Waals surface area contributed by atoms with Gasteiger partial charge in [0.1, 0.15) is 0 Å². The number of anilines is 1. The Labute approximate surface area is 117 Å². The van der Waals surface area contributed by atoms with Gasteiger partial charge in [-0.3, -0.25) is 0 Å². The molecule has 0 radical (unpaired) electrons. The zero-order valence-corrected chi connectivity index (χ0v) is 11.2. The first-order valence-electron chi connectivity index (χ1n) is 7.03. The van der Waals surface area contributed by atoms with Gasteiger partial charge < -0.3 is 10.7 Å². The number of nitrogens with zero attached hydrogens (tertiary/aromatic N) is 2. The molecule has 4 rings (SSSR count). The SMILES string of the molecule is Nc1cccc(-c2ncc3[nH]c4c(c3n2)CCCC4)c1. The average molecular weight is 264 g/mol. The normalized spacial score (nSPS) is 14.4. The van der Waals surface area contributed by atoms with E-state index in [-0.39, 0.29) is 0 Å². The lowest BCUT2D eigenvalue weighted by Gasteiger charge is -2.10. The van der Waals surface area contributed by atoms with Gasteiger partial charge in [-0.25, -0.2) is 9.97 Å². The fourth-order valence-corrected chi connectivity index (χ4v) is 2.99. The Bertz CT molecular complexity index is 788. The topological polar surface area (TPSA) is 67.6 Å². The fraction of sp³-hybridized carbons (Fsp3) is 0.250. The summed E-state index contributed by atoms with van der Waals surface area (Å²) in [7, 11) is 0. The van der Waals surface area contributed by atoms with Crippen LogP contribution in [0.2, 0.25) is 0 Å². The molecule has 1 aliphatic carbocycles. The lowest BCUT2D eigenvalue weighted by molar-refractivity contribution is 0.679. The molecule has 0 spiro atoms. The van der Waals surface area contributed by atoms with Crippen molar-refractivity contribution in [2.45, 2.75) is 25.7 Å². The first-order valence-corrected chi connectivity index (χ1v) is 7.03. The minimum absolute atomic E-state index is 0.738. The van der Waals surface area contributed by atoms with Crippen molar-refractivity contribution in [1.82, 2.24) is 15.0 Å². The molecule has 1 aromatic carbocycles. The third-order valence-corrected chi connectivity index (χ3v) is 3.97. The maximum Gasteiger partial charge on any atom is 0.159 e. The number of hydrogen-bond donors (Lipinski definition) is 2. The van der Waals surface area contributed by atoms with Gasteiger partial charge in [-0.1, -0.05) is 12.1 Å². The number of aromatic nitrogens is 3. The third kappa shape index (κ3) is 1.76. The number of nitrogen functional groups attached to an aromatic ring is 1. The van der Waals surface area contributed by atoms with Crippen LogP contribution in [0.5, 0.6) is 0 Å². The number of rotatable bonds is 1. The van der Waals surface area contributed by atoms with E-state index in [0.29, 0.717) is 0 Å². The molecule has 4 heteroatoms. The largest absolute Gasteiger partial charge is 0.399 e. The lowest BCUT2D eigenvalue weighted by Crippen LogP contribution is -2.00. The summed E-state index contributed by atoms with van der Waals surface area (Å²) in [4.78, 5) is 12.7. The van der Waals surface area contributed by atoms with E-state index < -0.39 is 0 Å². The number of nitrogens with one attached hydrogen (secondary N) is 1. The van der Waals surface area contributed by atoms with E-state index in [4.69, 9.17) is 10.7 Å². The van der Waals surface area contributed by atoms with Crippen LogP contribution in [0.4, 0.5) is 5.69 Å². The average Bonchev–Trinajstić information content (AvgIpc) is 2.85. The van der Waals surface area contributed by atoms with E-state index in [1.807, 2.05) is 30.5 Å². The summed E-state index contributed by atoms with van der Waals surface area (Å²) >= 11 is 0. The van der Waals surface area contributed by atoms with Gasteiger partial charge >= 0.3 is 0 Å². The van der Waals surface area contributed by atoms with Crippen LogP contribution >= 0.6 is 0 Å². The van der Waals surface area contributed by atoms with E-state index in [0.717, 1.165) is 41.0 Å². The predicted octanol–water partition coefficient (Wildman–Crippen LogP) is 3.09. The Morgan fingerprint density at radius 2 is 2.05 bits per heavy atom. The number of H-pyrrole nitrogens is 1. The molecule has 0 atom stereocenters. The molecule has 20 heavy (non-hydrogen) atoms. The Balaban J connectivity index is 1.90. The molecule has 0 aliphatic heterocycles. The molecule has 0 saturated carbocycles. The first kappa shape index (κ1) is 11.5. The van der Waals surface area contributed by atoms with Gasteiger partial charge in [-0.2, -0.15) is 0 Å². The van der Waals surface area contributed by atoms with Crippen LogP contribution in [0.25, 0.3) is 22.4 Å². The van der Waals surface area contributed by atoms with Crippen LogP contribution in [-0.4, -0.2) is 15.0 Å². The monoisotopic (exact) mass is 264 g/mol. The maximum atomic E-state index is 5.84. The maximum absolute atomic E-state index is 5.84. The zero-order chi connectivity index (χ0) is 13.5. The second-order valence-electron chi connectivity index (χ2n) is 5.37. The van der Waals surface area contributed by atoms with Crippen LogP contribution in [-0.2, 0) is 12.8 Å². The molecule has 100 valence electrons. The number of aromatic amines is 1. The van der Waals surface area contributed by atoms with Crippen LogP contribution in [0.15, 0.2) is 30.5 Å². The van der Waals surface area contributed by atoms with E-state index in [9.17, 15) is 0 Å². The van der Waals surface area contributed by atoms with E-state index in [1.165, 1.54) is 24.1 Å². The summed E-state index contributed by atoms with van der Waals surface area (Å²) < 4.78 is 0. The molecule has 0 saturated heterocycles. The van der Waals surface area contributed by atoms with Crippen LogP contribution in [0, 0.1) is 0 Å². The van der Waals surface area contributed by atoms with Crippen molar-refractivity contribution in [3.63, 3.8) is 0 Å². The molecular weight excluding hydrogens is 248 g/mol. The molecule has 4 nitrogen and oxygen atoms in total. The first-order chi connectivity index (χ1) is 9.81. The molecule has 0 amide bonds. The smallest absolute Gasteiger partial charge is 0.159 e. The van der Waals surface area contributed by atoms with Gasteiger partial charge in [0.15, 0.2) is 5.82 Å². The van der Waals surface area contributed by atoms with Crippen molar-refractivity contribution < 1.29 is 0 Å². The fourth-order valence-electron chi connectivity index (χ4n) is 2.99. The van der Waals surface area contributed by atoms with Gasteiger partial charge in [0.05, 0.1) is 17.2 Å². The highest BCUT2D eigenvalue weighted by Crippen LogP contribution is 2.29. The van der Waals surface area contributed by atoms with Crippen molar-refractivity contribution >= 4 is 16.7 Å². The quantitative estimate of drug-likeness (QED) is 0.664. The lowest BCUT2D eigenvalue weighted by atomic mass is 9.97. The van der Waals surface area contributed by atoms with Crippen LogP contribution in [0.1, 0.15) is 24.1 Å². The summed E-state index contributed by atoms with van der Waals surface area (Å²) in [6.07, 6.45) is 6.63. The van der Waals surface area contributed by atoms with Crippen LogP contribution < -0.4 is 5.73 Å². The number of aryl methyl sites for hydroxylation is 2. The summed E-state index contributed by atoms with van der Waals surface area (Å²) in [6, 6.07) is 7.72. The number of hydrogen-bond acceptors (Lipinski definition) is 3. The molecular formula is C16H16N4. The second-order valence-corrected chi connectivity index (χ2v) is 5.37. The van der Waals surface area contributed by atoms with Crippen molar-refractivity contribution in [3.8, 4) is 11.4 Å². The molecule has 0 fully saturated rings. The summed E-state index contributed by atoms with van der Waals surface area (Å²) in [5.41, 5.74) is 12.4. The summed E-state index contributed by atoms with van der Waals surface area (Å²) in [5.74, 6) is 0.747. The molecule has 2 aromatic heterocycles. The van der Waals surface area contributed by atoms with Gasteiger partial charge in [-0.05, 0) is 43.4 Å². The number of nitrogens with two attached hydrogens (primary N) is 1. The second kappa shape index (κ2) is 4.34. The van der Waals surface area contributed by atoms with Crippen molar-refractivity contribution in [1.29, 1.82) is 0 Å². The molecule has 3 N–H and O–H groups in total. The highest BCUT2D eigenvalue weighted by Gasteiger charge is 2.17. The number of benzene rings is 1. The van der Waals surface area contributed by atoms with Gasteiger partial charge in [0.2, 0.25) is 0 Å². The Hall–Kier alpha value is -2.36. The number of fused-ring (bicyclic) bond motifs is 3. The Kier molecular flexibility index (Phi) is 2.49. The molecule has 1 aliphatic rings. The van der Waals surface area contributed by atoms with Crippen molar-refractivity contribution in [3.05, 3.63) is 41.7 Å². The molecule has 0 unspecified atom stereocenters. The van der Waals surface area contributed by atoms with Crippen LogP contribution in [0.3, 0.4) is 0 Å². The predicted molar refractivity (Wildman–Crippen MR) is 80.4 cm³/mol.